The molecule has 2 heterocycles. The largest absolute Gasteiger partial charge is 0.431 e. The van der Waals surface area contributed by atoms with Gasteiger partial charge in [-0.15, -0.1) is 11.8 Å². The van der Waals surface area contributed by atoms with Gasteiger partial charge in [-0.05, 0) is 35.6 Å². The molecule has 0 amide bonds. The fourth-order valence-electron chi connectivity index (χ4n) is 3.91. The smallest absolute Gasteiger partial charge is 0.369 e. The highest BCUT2D eigenvalue weighted by molar-refractivity contribution is 7.98. The topological polar surface area (TPSA) is 48.7 Å². The lowest BCUT2D eigenvalue weighted by Crippen LogP contribution is -2.62. The van der Waals surface area contributed by atoms with Crippen molar-refractivity contribution in [1.82, 2.24) is 4.98 Å². The zero-order valence-electron chi connectivity index (χ0n) is 18.5. The number of thioether (sulfide) groups is 1. The van der Waals surface area contributed by atoms with Gasteiger partial charge in [0.15, 0.2) is 0 Å². The minimum atomic E-state index is -6.04. The van der Waals surface area contributed by atoms with Crippen LogP contribution in [0, 0.1) is 0 Å². The summed E-state index contributed by atoms with van der Waals surface area (Å²) in [6.45, 7) is 0. The van der Waals surface area contributed by atoms with Crippen LogP contribution in [0.25, 0.3) is 11.1 Å². The quantitative estimate of drug-likeness (QED) is 0.270. The number of hydrogen-bond acceptors (Lipinski definition) is 5. The van der Waals surface area contributed by atoms with E-state index in [2.05, 4.69) is 10.1 Å². The number of para-hydroxylation sites is 1. The fourth-order valence-corrected chi connectivity index (χ4v) is 4.49. The number of benzene rings is 2. The number of nitrogens with zero attached hydrogens (tertiary/aromatic N) is 3. The van der Waals surface area contributed by atoms with Crippen LogP contribution < -0.4 is 5.01 Å². The molecule has 4 rings (SSSR count). The Kier molecular flexibility index (Phi) is 7.02. The molecule has 0 saturated carbocycles. The van der Waals surface area contributed by atoms with Crippen molar-refractivity contribution in [2.24, 2.45) is 5.10 Å². The number of hydrazone groups is 1. The second-order valence-electron chi connectivity index (χ2n) is 7.98. The Bertz CT molecular complexity index is 1250. The van der Waals surface area contributed by atoms with Crippen molar-refractivity contribution in [2.45, 2.75) is 35.4 Å². The molecule has 0 spiro atoms. The minimum Gasteiger partial charge on any atom is -0.369 e. The Morgan fingerprint density at radius 2 is 1.53 bits per heavy atom. The zero-order chi connectivity index (χ0) is 26.3. The number of halogens is 7. The molecule has 0 bridgehead atoms. The van der Waals surface area contributed by atoms with Crippen LogP contribution in [0.1, 0.15) is 18.0 Å². The molecule has 0 aliphatic carbocycles. The Morgan fingerprint density at radius 3 is 2.06 bits per heavy atom. The van der Waals surface area contributed by atoms with Crippen LogP contribution in [0.15, 0.2) is 77.0 Å². The van der Waals surface area contributed by atoms with Gasteiger partial charge < -0.3 is 5.11 Å². The average Bonchev–Trinajstić information content (AvgIpc) is 3.28. The molecule has 4 nitrogen and oxygen atoms in total. The predicted octanol–water partition coefficient (Wildman–Crippen LogP) is 7.29. The molecule has 1 N–H and O–H groups in total. The van der Waals surface area contributed by atoms with Crippen molar-refractivity contribution in [1.29, 1.82) is 0 Å². The first-order chi connectivity index (χ1) is 16.9. The molecule has 3 aromatic rings. The van der Waals surface area contributed by atoms with Crippen molar-refractivity contribution in [3.05, 3.63) is 77.4 Å². The molecule has 0 radical (unpaired) electrons. The normalized spacial score (nSPS) is 16.9. The highest BCUT2D eigenvalue weighted by Crippen LogP contribution is 2.49. The Balaban J connectivity index is 1.76. The van der Waals surface area contributed by atoms with Crippen LogP contribution in [-0.4, -0.2) is 40.0 Å². The summed E-state index contributed by atoms with van der Waals surface area (Å²) in [7, 11) is 0. The molecular formula is C24H18ClF6N3OS. The van der Waals surface area contributed by atoms with Crippen molar-refractivity contribution < 1.29 is 31.4 Å². The van der Waals surface area contributed by atoms with Crippen LogP contribution >= 0.6 is 23.4 Å². The van der Waals surface area contributed by atoms with Gasteiger partial charge in [-0.1, -0.05) is 54.1 Å². The lowest BCUT2D eigenvalue weighted by atomic mass is 9.89. The molecule has 1 atom stereocenters. The number of rotatable bonds is 5. The number of alkyl halides is 6. The maximum Gasteiger partial charge on any atom is 0.431 e. The minimum absolute atomic E-state index is 0.0756. The molecule has 12 heteroatoms. The van der Waals surface area contributed by atoms with Crippen molar-refractivity contribution in [3.63, 3.8) is 0 Å². The summed E-state index contributed by atoms with van der Waals surface area (Å²) in [6.07, 6.45) is -9.35. The third-order valence-corrected chi connectivity index (χ3v) is 6.80. The van der Waals surface area contributed by atoms with E-state index in [1.807, 2.05) is 18.4 Å². The SMILES string of the molecule is CSc1ccc(-c2ccc(C3CC(C(O)(C(F)(F)F)C(F)(F)F)=NN3c3ccccc3Cl)cc2)cn1. The number of hydrogen-bond donors (Lipinski definition) is 1. The predicted molar refractivity (Wildman–Crippen MR) is 127 cm³/mol. The Labute approximate surface area is 211 Å². The molecule has 0 saturated heterocycles. The molecule has 1 aliphatic rings. The summed E-state index contributed by atoms with van der Waals surface area (Å²) in [6, 6.07) is 15.1. The van der Waals surface area contributed by atoms with Crippen molar-refractivity contribution >= 4 is 34.8 Å². The molecule has 36 heavy (non-hydrogen) atoms. The summed E-state index contributed by atoms with van der Waals surface area (Å²) >= 11 is 7.68. The van der Waals surface area contributed by atoms with E-state index in [-0.39, 0.29) is 10.7 Å². The van der Waals surface area contributed by atoms with Gasteiger partial charge in [0.2, 0.25) is 0 Å². The highest BCUT2D eigenvalue weighted by atomic mass is 35.5. The van der Waals surface area contributed by atoms with Crippen molar-refractivity contribution in [3.8, 4) is 11.1 Å². The van der Waals surface area contributed by atoms with E-state index in [9.17, 15) is 31.4 Å². The van der Waals surface area contributed by atoms with Crippen LogP contribution in [0.3, 0.4) is 0 Å². The van der Waals surface area contributed by atoms with Crippen LogP contribution in [0.2, 0.25) is 5.02 Å². The third-order valence-electron chi connectivity index (χ3n) is 5.82. The average molecular weight is 546 g/mol. The fraction of sp³-hybridized carbons (Fsp3) is 0.250. The van der Waals surface area contributed by atoms with E-state index in [1.165, 1.54) is 30.0 Å². The first kappa shape index (κ1) is 26.3. The number of aliphatic hydroxyl groups is 1. The lowest BCUT2D eigenvalue weighted by molar-refractivity contribution is -0.338. The van der Waals surface area contributed by atoms with Crippen LogP contribution in [-0.2, 0) is 0 Å². The summed E-state index contributed by atoms with van der Waals surface area (Å²) < 4.78 is 81.5. The number of anilines is 1. The van der Waals surface area contributed by atoms with Gasteiger partial charge in [0.1, 0.15) is 0 Å². The summed E-state index contributed by atoms with van der Waals surface area (Å²) in [5, 5.41) is 15.5. The first-order valence-electron chi connectivity index (χ1n) is 10.4. The number of aromatic nitrogens is 1. The van der Waals surface area contributed by atoms with Gasteiger partial charge in [-0.25, -0.2) is 4.98 Å². The molecule has 0 fully saturated rings. The van der Waals surface area contributed by atoms with Crippen molar-refractivity contribution in [2.75, 3.05) is 11.3 Å². The second kappa shape index (κ2) is 9.60. The molecule has 190 valence electrons. The van der Waals surface area contributed by atoms with Crippen LogP contribution in [0.4, 0.5) is 32.0 Å². The monoisotopic (exact) mass is 545 g/mol. The van der Waals surface area contributed by atoms with E-state index in [0.717, 1.165) is 21.2 Å². The van der Waals surface area contributed by atoms with E-state index < -0.39 is 36.1 Å². The molecular weight excluding hydrogens is 528 g/mol. The van der Waals surface area contributed by atoms with Gasteiger partial charge >= 0.3 is 12.4 Å². The van der Waals surface area contributed by atoms with Gasteiger partial charge in [0, 0.05) is 18.2 Å². The third kappa shape index (κ3) is 4.67. The Morgan fingerprint density at radius 1 is 0.917 bits per heavy atom. The lowest BCUT2D eigenvalue weighted by Gasteiger charge is -2.32. The van der Waals surface area contributed by atoms with Gasteiger partial charge in [0.05, 0.1) is 27.5 Å². The molecule has 2 aromatic carbocycles. The van der Waals surface area contributed by atoms with Crippen LogP contribution in [0.5, 0.6) is 0 Å². The van der Waals surface area contributed by atoms with E-state index in [1.54, 1.807) is 36.5 Å². The first-order valence-corrected chi connectivity index (χ1v) is 12.0. The van der Waals surface area contributed by atoms with Gasteiger partial charge in [0.25, 0.3) is 5.60 Å². The maximum atomic E-state index is 13.6. The summed E-state index contributed by atoms with van der Waals surface area (Å²) in [5.41, 5.74) is -4.55. The summed E-state index contributed by atoms with van der Waals surface area (Å²) in [5.74, 6) is 0. The van der Waals surface area contributed by atoms with Gasteiger partial charge in [-0.3, -0.25) is 5.01 Å². The number of pyridine rings is 1. The zero-order valence-corrected chi connectivity index (χ0v) is 20.1. The summed E-state index contributed by atoms with van der Waals surface area (Å²) in [4.78, 5) is 4.30. The maximum absolute atomic E-state index is 13.6. The van der Waals surface area contributed by atoms with E-state index in [4.69, 9.17) is 11.6 Å². The standard InChI is InChI=1S/C24H18ClF6N3OS/c1-36-21-11-10-16(13-32-21)14-6-8-15(9-7-14)19-12-20(22(35,23(26,27)28)24(29,30)31)33-34(19)18-5-3-2-4-17(18)25/h2-11,13,19,35H,12H2,1H3. The van der Waals surface area contributed by atoms with E-state index >= 15 is 0 Å². The molecule has 1 aromatic heterocycles. The second-order valence-corrected chi connectivity index (χ2v) is 9.21. The van der Waals surface area contributed by atoms with Gasteiger partial charge in [-0.2, -0.15) is 31.4 Å². The molecule has 1 unspecified atom stereocenters. The Hall–Kier alpha value is -2.76. The highest BCUT2D eigenvalue weighted by Gasteiger charge is 2.74. The van der Waals surface area contributed by atoms with E-state index in [0.29, 0.717) is 5.56 Å². The molecule has 1 aliphatic heterocycles.